The lowest BCUT2D eigenvalue weighted by Gasteiger charge is -2.10. The van der Waals surface area contributed by atoms with E-state index in [0.29, 0.717) is 27.3 Å². The maximum Gasteiger partial charge on any atom is 0.326 e. The molecular formula is C20H12FN5O2S. The van der Waals surface area contributed by atoms with Crippen LogP contribution in [-0.2, 0) is 0 Å². The second-order valence-corrected chi connectivity index (χ2v) is 6.71. The summed E-state index contributed by atoms with van der Waals surface area (Å²) in [6, 6.07) is 8.42. The Kier molecular flexibility index (Phi) is 4.76. The molecule has 0 radical (unpaired) electrons. The number of aromatic nitrogens is 3. The van der Waals surface area contributed by atoms with Crippen LogP contribution >= 0.6 is 11.3 Å². The third kappa shape index (κ3) is 3.69. The van der Waals surface area contributed by atoms with Crippen molar-refractivity contribution >= 4 is 39.9 Å². The van der Waals surface area contributed by atoms with Gasteiger partial charge in [0.15, 0.2) is 5.01 Å². The number of benzene rings is 2. The summed E-state index contributed by atoms with van der Waals surface area (Å²) in [5, 5.41) is 17.8. The molecule has 4 rings (SSSR count). The Balaban J connectivity index is 1.63. The van der Waals surface area contributed by atoms with Crippen LogP contribution in [0.4, 0.5) is 20.8 Å². The first-order chi connectivity index (χ1) is 14.0. The lowest BCUT2D eigenvalue weighted by Crippen LogP contribution is -2.20. The van der Waals surface area contributed by atoms with Gasteiger partial charge in [-0.3, -0.25) is 10.6 Å². The molecule has 0 bridgehead atoms. The van der Waals surface area contributed by atoms with Crippen LogP contribution in [0.15, 0.2) is 48.1 Å². The molecule has 2 aromatic heterocycles. The van der Waals surface area contributed by atoms with Crippen molar-refractivity contribution in [1.82, 2.24) is 15.0 Å². The number of aromatic hydroxyl groups is 1. The van der Waals surface area contributed by atoms with Crippen molar-refractivity contribution in [2.24, 2.45) is 0 Å². The zero-order chi connectivity index (χ0) is 20.4. The van der Waals surface area contributed by atoms with E-state index in [1.807, 2.05) is 0 Å². The Labute approximate surface area is 168 Å². The van der Waals surface area contributed by atoms with E-state index in [1.165, 1.54) is 35.9 Å². The van der Waals surface area contributed by atoms with Gasteiger partial charge in [-0.05, 0) is 35.7 Å². The highest BCUT2D eigenvalue weighted by molar-refractivity contribution is 7.10. The quantitative estimate of drug-likeness (QED) is 0.443. The van der Waals surface area contributed by atoms with Crippen molar-refractivity contribution in [3.05, 3.63) is 58.9 Å². The third-order valence-corrected chi connectivity index (χ3v) is 4.79. The molecule has 7 nitrogen and oxygen atoms in total. The van der Waals surface area contributed by atoms with Gasteiger partial charge < -0.3 is 5.11 Å². The van der Waals surface area contributed by atoms with Crippen LogP contribution in [0.1, 0.15) is 5.01 Å². The monoisotopic (exact) mass is 405 g/mol. The van der Waals surface area contributed by atoms with Crippen LogP contribution in [0, 0.1) is 18.2 Å². The van der Waals surface area contributed by atoms with E-state index in [-0.39, 0.29) is 17.1 Å². The average Bonchev–Trinajstić information content (AvgIpc) is 3.15. The number of terminal acetylenes is 1. The molecule has 0 aliphatic heterocycles. The summed E-state index contributed by atoms with van der Waals surface area (Å²) in [5.41, 5.74) is 0.998. The Morgan fingerprint density at radius 3 is 2.83 bits per heavy atom. The summed E-state index contributed by atoms with van der Waals surface area (Å²) in [7, 11) is 0. The minimum atomic E-state index is -0.550. The molecule has 29 heavy (non-hydrogen) atoms. The van der Waals surface area contributed by atoms with Crippen LogP contribution in [0.2, 0.25) is 0 Å². The molecule has 2 aromatic carbocycles. The van der Waals surface area contributed by atoms with E-state index in [1.54, 1.807) is 23.6 Å². The highest BCUT2D eigenvalue weighted by Gasteiger charge is 2.14. The molecule has 2 amide bonds. The zero-order valence-electron chi connectivity index (χ0n) is 14.7. The van der Waals surface area contributed by atoms with Gasteiger partial charge in [-0.25, -0.2) is 24.1 Å². The van der Waals surface area contributed by atoms with Crippen molar-refractivity contribution in [2.45, 2.75) is 0 Å². The first kappa shape index (κ1) is 18.3. The van der Waals surface area contributed by atoms with E-state index < -0.39 is 11.8 Å². The first-order valence-corrected chi connectivity index (χ1v) is 9.16. The summed E-state index contributed by atoms with van der Waals surface area (Å²) < 4.78 is 14.1. The molecule has 0 aliphatic rings. The van der Waals surface area contributed by atoms with Gasteiger partial charge in [0.25, 0.3) is 0 Å². The summed E-state index contributed by atoms with van der Waals surface area (Å²) in [6.45, 7) is 0. The predicted octanol–water partition coefficient (Wildman–Crippen LogP) is 4.22. The molecular weight excluding hydrogens is 393 g/mol. The van der Waals surface area contributed by atoms with Gasteiger partial charge in [0.05, 0.1) is 11.1 Å². The van der Waals surface area contributed by atoms with Gasteiger partial charge in [0, 0.05) is 10.8 Å². The van der Waals surface area contributed by atoms with Crippen molar-refractivity contribution in [3.8, 4) is 29.2 Å². The molecule has 142 valence electrons. The number of nitrogens with zero attached hydrogens (tertiary/aromatic N) is 3. The summed E-state index contributed by atoms with van der Waals surface area (Å²) in [6.07, 6.45) is 6.55. The smallest absolute Gasteiger partial charge is 0.326 e. The maximum absolute atomic E-state index is 14.1. The predicted molar refractivity (Wildman–Crippen MR) is 109 cm³/mol. The number of rotatable bonds is 3. The topological polar surface area (TPSA) is 100 Å². The molecule has 0 fully saturated rings. The third-order valence-electron chi connectivity index (χ3n) is 4.02. The van der Waals surface area contributed by atoms with Crippen LogP contribution < -0.4 is 10.6 Å². The standard InChI is InChI=1S/C20H12FN5O2S/c1-2-17-24-16(9-29-17)25-20(28)26-19-12-7-6-11(8-14(12)22-10-23-19)18-13(21)4-3-5-15(18)27/h1,3-10,27H,(H2,22,23,25,26,28). The van der Waals surface area contributed by atoms with Gasteiger partial charge in [-0.2, -0.15) is 0 Å². The molecule has 4 aromatic rings. The Bertz CT molecular complexity index is 1260. The van der Waals surface area contributed by atoms with Crippen LogP contribution in [0.5, 0.6) is 5.75 Å². The van der Waals surface area contributed by atoms with Crippen molar-refractivity contribution in [3.63, 3.8) is 0 Å². The molecule has 3 N–H and O–H groups in total. The van der Waals surface area contributed by atoms with Gasteiger partial charge >= 0.3 is 6.03 Å². The number of phenols is 1. The van der Waals surface area contributed by atoms with Crippen molar-refractivity contribution < 1.29 is 14.3 Å². The second-order valence-electron chi connectivity index (χ2n) is 5.85. The normalized spacial score (nSPS) is 10.5. The number of amides is 2. The first-order valence-electron chi connectivity index (χ1n) is 8.28. The Morgan fingerprint density at radius 1 is 1.21 bits per heavy atom. The fraction of sp³-hybridized carbons (Fsp3) is 0. The largest absolute Gasteiger partial charge is 0.507 e. The number of thiazole rings is 1. The lowest BCUT2D eigenvalue weighted by atomic mass is 10.0. The minimum Gasteiger partial charge on any atom is -0.507 e. The zero-order valence-corrected chi connectivity index (χ0v) is 15.5. The number of urea groups is 1. The lowest BCUT2D eigenvalue weighted by molar-refractivity contribution is 0.262. The highest BCUT2D eigenvalue weighted by atomic mass is 32.1. The SMILES string of the molecule is C#Cc1nc(NC(=O)Nc2ncnc3cc(-c4c(O)cccc4F)ccc23)cs1. The van der Waals surface area contributed by atoms with E-state index in [9.17, 15) is 14.3 Å². The number of halogens is 1. The number of hydrogen-bond donors (Lipinski definition) is 3. The molecule has 0 saturated carbocycles. The number of anilines is 2. The van der Waals surface area contributed by atoms with Crippen LogP contribution in [0.25, 0.3) is 22.0 Å². The molecule has 0 spiro atoms. The fourth-order valence-electron chi connectivity index (χ4n) is 2.76. The van der Waals surface area contributed by atoms with Gasteiger partial charge in [-0.1, -0.05) is 12.1 Å². The number of carbonyl (C=O) groups is 1. The van der Waals surface area contributed by atoms with E-state index >= 15 is 0 Å². The second kappa shape index (κ2) is 7.53. The Morgan fingerprint density at radius 2 is 2.07 bits per heavy atom. The number of carbonyl (C=O) groups excluding carboxylic acids is 1. The van der Waals surface area contributed by atoms with Crippen LogP contribution in [-0.4, -0.2) is 26.1 Å². The Hall–Kier alpha value is -4.03. The molecule has 9 heteroatoms. The fourth-order valence-corrected chi connectivity index (χ4v) is 3.32. The number of phenolic OH excluding ortho intramolecular Hbond substituents is 1. The number of nitrogens with one attached hydrogen (secondary N) is 2. The number of fused-ring (bicyclic) bond motifs is 1. The molecule has 2 heterocycles. The van der Waals surface area contributed by atoms with E-state index in [2.05, 4.69) is 31.5 Å². The van der Waals surface area contributed by atoms with Crippen molar-refractivity contribution in [1.29, 1.82) is 0 Å². The van der Waals surface area contributed by atoms with Gasteiger partial charge in [-0.15, -0.1) is 17.8 Å². The molecule has 0 unspecified atom stereocenters. The molecule has 0 atom stereocenters. The van der Waals surface area contributed by atoms with E-state index in [0.717, 1.165) is 0 Å². The number of hydrogen-bond acceptors (Lipinski definition) is 6. The van der Waals surface area contributed by atoms with Crippen LogP contribution in [0.3, 0.4) is 0 Å². The molecule has 0 saturated heterocycles. The molecule has 0 aliphatic carbocycles. The minimum absolute atomic E-state index is 0.0770. The summed E-state index contributed by atoms with van der Waals surface area (Å²) >= 11 is 1.24. The van der Waals surface area contributed by atoms with E-state index in [4.69, 9.17) is 6.42 Å². The highest BCUT2D eigenvalue weighted by Crippen LogP contribution is 2.34. The average molecular weight is 405 g/mol. The van der Waals surface area contributed by atoms with Gasteiger partial charge in [0.1, 0.15) is 29.5 Å². The summed E-state index contributed by atoms with van der Waals surface area (Å²) in [4.78, 5) is 24.6. The maximum atomic E-state index is 14.1. The summed E-state index contributed by atoms with van der Waals surface area (Å²) in [5.74, 6) is 2.26. The van der Waals surface area contributed by atoms with Gasteiger partial charge in [0.2, 0.25) is 0 Å². The van der Waals surface area contributed by atoms with Crippen molar-refractivity contribution in [2.75, 3.05) is 10.6 Å².